The van der Waals surface area contributed by atoms with Gasteiger partial charge in [-0.15, -0.1) is 0 Å². The Morgan fingerprint density at radius 1 is 1.00 bits per heavy atom. The van der Waals surface area contributed by atoms with Gasteiger partial charge in [0.25, 0.3) is 5.91 Å². The van der Waals surface area contributed by atoms with Gasteiger partial charge in [0.15, 0.2) is 18.1 Å². The van der Waals surface area contributed by atoms with Crippen molar-refractivity contribution in [3.8, 4) is 5.75 Å². The Morgan fingerprint density at radius 2 is 1.58 bits per heavy atom. The van der Waals surface area contributed by atoms with Gasteiger partial charge < -0.3 is 14.8 Å². The molecule has 0 spiro atoms. The lowest BCUT2D eigenvalue weighted by molar-refractivity contribution is -0.119. The summed E-state index contributed by atoms with van der Waals surface area (Å²) in [6, 6.07) is 9.02. The van der Waals surface area contributed by atoms with Crippen molar-refractivity contribution in [1.29, 1.82) is 0 Å². The van der Waals surface area contributed by atoms with E-state index >= 15 is 0 Å². The summed E-state index contributed by atoms with van der Waals surface area (Å²) in [5.41, 5.74) is 1.11. The summed E-state index contributed by atoms with van der Waals surface area (Å²) in [5, 5.41) is 2.87. The van der Waals surface area contributed by atoms with Gasteiger partial charge >= 0.3 is 5.97 Å². The van der Waals surface area contributed by atoms with Crippen LogP contribution in [0.4, 0.5) is 5.69 Å². The van der Waals surface area contributed by atoms with E-state index in [1.807, 2.05) is 0 Å². The Balaban J connectivity index is 1.94. The molecule has 2 aromatic rings. The van der Waals surface area contributed by atoms with Crippen LogP contribution < -0.4 is 10.1 Å². The lowest BCUT2D eigenvalue weighted by Crippen LogP contribution is -2.21. The summed E-state index contributed by atoms with van der Waals surface area (Å²) in [5.74, 6) is -1.11. The number of nitrogens with one attached hydrogen (secondary N) is 1. The molecule has 0 aliphatic rings. The molecule has 8 heteroatoms. The molecule has 0 aliphatic carbocycles. The Bertz CT molecular complexity index is 826. The van der Waals surface area contributed by atoms with Gasteiger partial charge in [0, 0.05) is 11.3 Å². The van der Waals surface area contributed by atoms with Gasteiger partial charge in [-0.3, -0.25) is 9.59 Å². The van der Waals surface area contributed by atoms with E-state index in [4.69, 9.17) is 32.7 Å². The Morgan fingerprint density at radius 3 is 2.08 bits per heavy atom. The minimum Gasteiger partial charge on any atom is -0.494 e. The van der Waals surface area contributed by atoms with Gasteiger partial charge in [-0.25, -0.2) is 4.79 Å². The highest BCUT2D eigenvalue weighted by Gasteiger charge is 2.16. The maximum Gasteiger partial charge on any atom is 0.338 e. The highest BCUT2D eigenvalue weighted by atomic mass is 35.5. The minimum atomic E-state index is -0.751. The number of hydrogen-bond donors (Lipinski definition) is 1. The molecule has 0 saturated carbocycles. The van der Waals surface area contributed by atoms with E-state index in [2.05, 4.69) is 5.32 Å². The van der Waals surface area contributed by atoms with E-state index in [0.717, 1.165) is 0 Å². The van der Waals surface area contributed by atoms with Gasteiger partial charge in [0.2, 0.25) is 0 Å². The van der Waals surface area contributed by atoms with E-state index in [-0.39, 0.29) is 27.1 Å². The van der Waals surface area contributed by atoms with Gasteiger partial charge in [-0.1, -0.05) is 23.2 Å². The number of rotatable bonds is 6. The summed E-state index contributed by atoms with van der Waals surface area (Å²) >= 11 is 11.9. The minimum absolute atomic E-state index is 0.0754. The number of hydrogen-bond acceptors (Lipinski definition) is 5. The van der Waals surface area contributed by atoms with Crippen LogP contribution in [0.1, 0.15) is 27.6 Å². The normalized spacial score (nSPS) is 10.2. The number of ether oxygens (including phenoxy) is 2. The van der Waals surface area contributed by atoms with Crippen LogP contribution in [-0.4, -0.2) is 31.4 Å². The summed E-state index contributed by atoms with van der Waals surface area (Å²) in [4.78, 5) is 35.1. The van der Waals surface area contributed by atoms with Crippen molar-refractivity contribution in [3.05, 3.63) is 57.6 Å². The van der Waals surface area contributed by atoms with E-state index < -0.39 is 18.5 Å². The molecule has 0 radical (unpaired) electrons. The Hall–Kier alpha value is -2.57. The zero-order chi connectivity index (χ0) is 19.3. The standard InChI is InChI=1S/C18H15Cl2NO5/c1-10(22)11-3-5-13(6-4-11)21-16(23)9-26-18(24)12-7-14(19)17(25-2)15(20)8-12/h3-8H,9H2,1-2H3,(H,21,23). The van der Waals surface area contributed by atoms with Gasteiger partial charge in [0.05, 0.1) is 22.7 Å². The van der Waals surface area contributed by atoms with Crippen LogP contribution >= 0.6 is 23.2 Å². The smallest absolute Gasteiger partial charge is 0.338 e. The average molecular weight is 396 g/mol. The molecular formula is C18H15Cl2NO5. The zero-order valence-corrected chi connectivity index (χ0v) is 15.5. The van der Waals surface area contributed by atoms with Gasteiger partial charge in [-0.05, 0) is 43.3 Å². The maximum atomic E-state index is 12.0. The van der Waals surface area contributed by atoms with Crippen LogP contribution in [0, 0.1) is 0 Å². The number of amides is 1. The lowest BCUT2D eigenvalue weighted by Gasteiger charge is -2.09. The van der Waals surface area contributed by atoms with Crippen molar-refractivity contribution in [2.45, 2.75) is 6.92 Å². The summed E-state index contributed by atoms with van der Waals surface area (Å²) < 4.78 is 9.94. The summed E-state index contributed by atoms with van der Waals surface area (Å²) in [6.45, 7) is 0.958. The number of halogens is 2. The topological polar surface area (TPSA) is 81.7 Å². The quantitative estimate of drug-likeness (QED) is 0.590. The number of carbonyl (C=O) groups excluding carboxylic acids is 3. The van der Waals surface area contributed by atoms with Crippen molar-refractivity contribution in [2.75, 3.05) is 19.0 Å². The van der Waals surface area contributed by atoms with Crippen LogP contribution in [0.3, 0.4) is 0 Å². The molecular weight excluding hydrogens is 381 g/mol. The molecule has 0 fully saturated rings. The van der Waals surface area contributed by atoms with E-state index in [1.165, 1.54) is 26.2 Å². The van der Waals surface area contributed by atoms with Crippen molar-refractivity contribution in [1.82, 2.24) is 0 Å². The fourth-order valence-electron chi connectivity index (χ4n) is 2.07. The summed E-state index contributed by atoms with van der Waals surface area (Å²) in [7, 11) is 1.40. The molecule has 0 heterocycles. The fraction of sp³-hybridized carbons (Fsp3) is 0.167. The Kier molecular flexibility index (Phi) is 6.60. The average Bonchev–Trinajstić information content (AvgIpc) is 2.59. The van der Waals surface area contributed by atoms with E-state index in [1.54, 1.807) is 24.3 Å². The monoisotopic (exact) mass is 395 g/mol. The van der Waals surface area contributed by atoms with Crippen LogP contribution in [0.2, 0.25) is 10.0 Å². The van der Waals surface area contributed by atoms with E-state index in [0.29, 0.717) is 11.3 Å². The van der Waals surface area contributed by atoms with Crippen LogP contribution in [0.15, 0.2) is 36.4 Å². The molecule has 6 nitrogen and oxygen atoms in total. The van der Waals surface area contributed by atoms with Crippen molar-refractivity contribution in [2.24, 2.45) is 0 Å². The third-order valence-electron chi connectivity index (χ3n) is 3.35. The first-order chi connectivity index (χ1) is 12.3. The molecule has 0 unspecified atom stereocenters. The third-order valence-corrected chi connectivity index (χ3v) is 3.91. The van der Waals surface area contributed by atoms with Crippen molar-refractivity contribution in [3.63, 3.8) is 0 Å². The molecule has 0 aliphatic heterocycles. The number of methoxy groups -OCH3 is 1. The number of benzene rings is 2. The molecule has 136 valence electrons. The lowest BCUT2D eigenvalue weighted by atomic mass is 10.1. The largest absolute Gasteiger partial charge is 0.494 e. The molecule has 2 aromatic carbocycles. The molecule has 0 bridgehead atoms. The van der Waals surface area contributed by atoms with Gasteiger partial charge in [0.1, 0.15) is 0 Å². The van der Waals surface area contributed by atoms with Crippen LogP contribution in [0.5, 0.6) is 5.75 Å². The second-order valence-corrected chi connectivity index (χ2v) is 6.05. The highest BCUT2D eigenvalue weighted by Crippen LogP contribution is 2.33. The number of ketones is 1. The maximum absolute atomic E-state index is 12.0. The molecule has 1 amide bonds. The number of Topliss-reactive ketones (excluding diaryl/α,β-unsaturated/α-hetero) is 1. The molecule has 2 rings (SSSR count). The molecule has 0 aromatic heterocycles. The number of carbonyl (C=O) groups is 3. The zero-order valence-electron chi connectivity index (χ0n) is 14.0. The first-order valence-electron chi connectivity index (χ1n) is 7.43. The molecule has 0 atom stereocenters. The van der Waals surface area contributed by atoms with Crippen molar-refractivity contribution >= 4 is 46.5 Å². The third kappa shape index (κ3) is 4.97. The first kappa shape index (κ1) is 19.8. The van der Waals surface area contributed by atoms with Gasteiger partial charge in [-0.2, -0.15) is 0 Å². The predicted molar refractivity (Wildman–Crippen MR) is 98.4 cm³/mol. The van der Waals surface area contributed by atoms with Crippen molar-refractivity contribution < 1.29 is 23.9 Å². The number of esters is 1. The molecule has 0 saturated heterocycles. The Labute approximate surface area is 160 Å². The van der Waals surface area contributed by atoms with E-state index in [9.17, 15) is 14.4 Å². The fourth-order valence-corrected chi connectivity index (χ4v) is 2.71. The summed E-state index contributed by atoms with van der Waals surface area (Å²) in [6.07, 6.45) is 0. The highest BCUT2D eigenvalue weighted by molar-refractivity contribution is 6.37. The SMILES string of the molecule is COc1c(Cl)cc(C(=O)OCC(=O)Nc2ccc(C(C)=O)cc2)cc1Cl. The molecule has 26 heavy (non-hydrogen) atoms. The first-order valence-corrected chi connectivity index (χ1v) is 8.18. The second kappa shape index (κ2) is 8.69. The number of anilines is 1. The molecule has 1 N–H and O–H groups in total. The van der Waals surface area contributed by atoms with Crippen LogP contribution in [-0.2, 0) is 9.53 Å². The second-order valence-electron chi connectivity index (χ2n) is 5.23. The van der Waals surface area contributed by atoms with Crippen LogP contribution in [0.25, 0.3) is 0 Å². The predicted octanol–water partition coefficient (Wildman–Crippen LogP) is 4.00.